The molecule has 0 bridgehead atoms. The monoisotopic (exact) mass is 466 g/mol. The van der Waals surface area contributed by atoms with Gasteiger partial charge in [0.05, 0.1) is 16.3 Å². The lowest BCUT2D eigenvalue weighted by Gasteiger charge is -2.45. The average Bonchev–Trinajstić information content (AvgIpc) is 2.79. The number of fused-ring (bicyclic) bond motifs is 3. The summed E-state index contributed by atoms with van der Waals surface area (Å²) in [7, 11) is -2.09. The molecule has 1 aromatic rings. The molecule has 10 heteroatoms. The van der Waals surface area contributed by atoms with E-state index in [1.807, 2.05) is 0 Å². The Hall–Kier alpha value is -2.17. The van der Waals surface area contributed by atoms with Crippen LogP contribution in [-0.4, -0.2) is 77.0 Å². The number of amides is 2. The second-order valence-corrected chi connectivity index (χ2v) is 10.0. The minimum absolute atomic E-state index is 0.133. The first-order chi connectivity index (χ1) is 15.3. The fourth-order valence-electron chi connectivity index (χ4n) is 4.42. The molecular formula is C22H34N4O5S. The van der Waals surface area contributed by atoms with Gasteiger partial charge in [-0.2, -0.15) is 4.31 Å². The quantitative estimate of drug-likeness (QED) is 0.526. The van der Waals surface area contributed by atoms with E-state index in [-0.39, 0.29) is 29.3 Å². The Morgan fingerprint density at radius 2 is 1.97 bits per heavy atom. The van der Waals surface area contributed by atoms with Gasteiger partial charge in [-0.05, 0) is 43.9 Å². The van der Waals surface area contributed by atoms with Crippen LogP contribution >= 0.6 is 0 Å². The van der Waals surface area contributed by atoms with E-state index >= 15 is 0 Å². The third kappa shape index (κ3) is 4.92. The first-order valence-corrected chi connectivity index (χ1v) is 12.8. The lowest BCUT2D eigenvalue weighted by molar-refractivity contribution is -0.125. The van der Waals surface area contributed by atoms with Crippen LogP contribution in [0.2, 0.25) is 0 Å². The number of anilines is 2. The fourth-order valence-corrected chi connectivity index (χ4v) is 5.90. The third-order valence-electron chi connectivity index (χ3n) is 6.09. The molecule has 1 aromatic carbocycles. The molecule has 0 saturated carbocycles. The number of hydrogen-bond acceptors (Lipinski definition) is 6. The van der Waals surface area contributed by atoms with Gasteiger partial charge < -0.3 is 15.0 Å². The number of benzene rings is 1. The molecule has 2 aliphatic rings. The van der Waals surface area contributed by atoms with Gasteiger partial charge >= 0.3 is 0 Å². The highest BCUT2D eigenvalue weighted by atomic mass is 32.2. The zero-order chi connectivity index (χ0) is 23.3. The molecule has 0 spiro atoms. The second-order valence-electron chi connectivity index (χ2n) is 8.07. The number of nitrogens with one attached hydrogen (secondary N) is 1. The molecule has 3 rings (SSSR count). The molecule has 2 amide bonds. The van der Waals surface area contributed by atoms with E-state index in [0.717, 1.165) is 31.5 Å². The summed E-state index contributed by atoms with van der Waals surface area (Å²) in [5, 5.41) is 2.82. The van der Waals surface area contributed by atoms with Crippen LogP contribution in [-0.2, 0) is 24.3 Å². The van der Waals surface area contributed by atoms with Crippen LogP contribution in [0.5, 0.6) is 0 Å². The average molecular weight is 467 g/mol. The summed E-state index contributed by atoms with van der Waals surface area (Å²) in [6, 6.07) is 4.61. The zero-order valence-electron chi connectivity index (χ0n) is 19.2. The van der Waals surface area contributed by atoms with Crippen LogP contribution in [0.1, 0.15) is 39.5 Å². The van der Waals surface area contributed by atoms with Crippen molar-refractivity contribution in [2.45, 2.75) is 50.5 Å². The summed E-state index contributed by atoms with van der Waals surface area (Å²) in [5.74, 6) is -0.428. The molecule has 1 N–H and O–H groups in total. The van der Waals surface area contributed by atoms with E-state index in [9.17, 15) is 18.0 Å². The summed E-state index contributed by atoms with van der Waals surface area (Å²) in [5.41, 5.74) is 1.29. The van der Waals surface area contributed by atoms with E-state index in [4.69, 9.17) is 4.74 Å². The fraction of sp³-hybridized carbons (Fsp3) is 0.636. The van der Waals surface area contributed by atoms with Crippen molar-refractivity contribution in [2.75, 3.05) is 56.2 Å². The minimum Gasteiger partial charge on any atom is -0.385 e. The van der Waals surface area contributed by atoms with Gasteiger partial charge in [0.15, 0.2) is 0 Å². The van der Waals surface area contributed by atoms with Crippen molar-refractivity contribution < 1.29 is 22.7 Å². The smallest absolute Gasteiger partial charge is 0.250 e. The summed E-state index contributed by atoms with van der Waals surface area (Å²) >= 11 is 0. The predicted molar refractivity (Wildman–Crippen MR) is 123 cm³/mol. The Morgan fingerprint density at radius 1 is 1.22 bits per heavy atom. The van der Waals surface area contributed by atoms with Crippen LogP contribution < -0.4 is 15.1 Å². The van der Waals surface area contributed by atoms with Crippen molar-refractivity contribution in [2.24, 2.45) is 0 Å². The lowest BCUT2D eigenvalue weighted by atomic mass is 9.96. The molecule has 1 fully saturated rings. The van der Waals surface area contributed by atoms with Gasteiger partial charge in [0.25, 0.3) is 0 Å². The molecule has 1 atom stereocenters. The number of sulfonamides is 1. The van der Waals surface area contributed by atoms with Gasteiger partial charge in [-0.1, -0.05) is 13.8 Å². The van der Waals surface area contributed by atoms with E-state index in [2.05, 4.69) is 10.2 Å². The standard InChI is InChI=1S/C22H34N4O5S/c1-4-24(5-2)32(29,30)17-10-11-18-20(15-17)26(16-21(27)23-12-8-14-31-3)22(28)19-9-6-7-13-25(18)19/h10-11,15,19H,4-9,12-14,16H2,1-3H3,(H,23,27)/t19-/m0/s1. The van der Waals surface area contributed by atoms with Crippen molar-refractivity contribution in [3.63, 3.8) is 0 Å². The third-order valence-corrected chi connectivity index (χ3v) is 8.14. The second kappa shape index (κ2) is 10.6. The lowest BCUT2D eigenvalue weighted by Crippen LogP contribution is -2.57. The Morgan fingerprint density at radius 3 is 2.66 bits per heavy atom. The maximum atomic E-state index is 13.4. The van der Waals surface area contributed by atoms with Crippen molar-refractivity contribution in [3.8, 4) is 0 Å². The molecule has 9 nitrogen and oxygen atoms in total. The molecular weight excluding hydrogens is 432 g/mol. The van der Waals surface area contributed by atoms with Crippen molar-refractivity contribution in [1.29, 1.82) is 0 Å². The number of carbonyl (C=O) groups is 2. The van der Waals surface area contributed by atoms with Gasteiger partial charge in [0, 0.05) is 39.9 Å². The van der Waals surface area contributed by atoms with E-state index in [1.54, 1.807) is 39.2 Å². The largest absolute Gasteiger partial charge is 0.385 e. The Kier molecular flexibility index (Phi) is 8.13. The summed E-state index contributed by atoms with van der Waals surface area (Å²) in [6.45, 7) is 5.89. The molecule has 0 unspecified atom stereocenters. The Labute approximate surface area is 190 Å². The first kappa shape index (κ1) is 24.5. The van der Waals surface area contributed by atoms with E-state index in [1.165, 1.54) is 9.21 Å². The highest BCUT2D eigenvalue weighted by Crippen LogP contribution is 2.40. The normalized spacial score (nSPS) is 18.5. The van der Waals surface area contributed by atoms with Crippen molar-refractivity contribution in [1.82, 2.24) is 9.62 Å². The van der Waals surface area contributed by atoms with E-state index < -0.39 is 10.0 Å². The SMILES string of the molecule is CCN(CC)S(=O)(=O)c1ccc2c(c1)N(CC(=O)NCCCOC)C(=O)[C@@H]1CCCCN21. The van der Waals surface area contributed by atoms with Crippen molar-refractivity contribution in [3.05, 3.63) is 18.2 Å². The molecule has 1 saturated heterocycles. The number of carbonyl (C=O) groups excluding carboxylic acids is 2. The Bertz CT molecular complexity index is 932. The van der Waals surface area contributed by atoms with E-state index in [0.29, 0.717) is 38.3 Å². The first-order valence-electron chi connectivity index (χ1n) is 11.3. The van der Waals surface area contributed by atoms with Gasteiger partial charge in [-0.25, -0.2) is 8.42 Å². The van der Waals surface area contributed by atoms with Gasteiger partial charge in [0.2, 0.25) is 21.8 Å². The number of rotatable bonds is 10. The molecule has 2 heterocycles. The number of nitrogens with zero attached hydrogens (tertiary/aromatic N) is 3. The Balaban J connectivity index is 1.95. The van der Waals surface area contributed by atoms with Crippen LogP contribution in [0.25, 0.3) is 0 Å². The molecule has 0 radical (unpaired) electrons. The molecule has 0 aromatic heterocycles. The highest BCUT2D eigenvalue weighted by molar-refractivity contribution is 7.89. The maximum Gasteiger partial charge on any atom is 0.250 e. The molecule has 2 aliphatic heterocycles. The number of hydrogen-bond donors (Lipinski definition) is 1. The maximum absolute atomic E-state index is 13.4. The number of piperidine rings is 1. The van der Waals surface area contributed by atoms with Gasteiger partial charge in [-0.3, -0.25) is 14.5 Å². The molecule has 32 heavy (non-hydrogen) atoms. The van der Waals surface area contributed by atoms with Gasteiger partial charge in [0.1, 0.15) is 12.6 Å². The molecule has 178 valence electrons. The van der Waals surface area contributed by atoms with Crippen LogP contribution in [0.3, 0.4) is 0 Å². The summed E-state index contributed by atoms with van der Waals surface area (Å²) in [6.07, 6.45) is 3.33. The van der Waals surface area contributed by atoms with Crippen LogP contribution in [0, 0.1) is 0 Å². The number of methoxy groups -OCH3 is 1. The summed E-state index contributed by atoms with van der Waals surface area (Å²) in [4.78, 5) is 29.6. The van der Waals surface area contributed by atoms with Crippen LogP contribution in [0.15, 0.2) is 23.1 Å². The van der Waals surface area contributed by atoms with Crippen molar-refractivity contribution >= 4 is 33.2 Å². The molecule has 0 aliphatic carbocycles. The highest BCUT2D eigenvalue weighted by Gasteiger charge is 2.40. The predicted octanol–water partition coefficient (Wildman–Crippen LogP) is 1.58. The van der Waals surface area contributed by atoms with Crippen LogP contribution in [0.4, 0.5) is 11.4 Å². The topological polar surface area (TPSA) is 99.3 Å². The zero-order valence-corrected chi connectivity index (χ0v) is 20.0. The summed E-state index contributed by atoms with van der Waals surface area (Å²) < 4.78 is 32.6. The number of ether oxygens (including phenoxy) is 1. The van der Waals surface area contributed by atoms with Gasteiger partial charge in [-0.15, -0.1) is 0 Å². The minimum atomic E-state index is -3.69.